The largest absolute Gasteiger partial charge is 0.456 e. The van der Waals surface area contributed by atoms with Crippen LogP contribution >= 0.6 is 0 Å². The molecule has 6 aromatic carbocycles. The highest BCUT2D eigenvalue weighted by molar-refractivity contribution is 6.25. The Morgan fingerprint density at radius 3 is 2.33 bits per heavy atom. The van der Waals surface area contributed by atoms with Crippen molar-refractivity contribution < 1.29 is 4.42 Å². The Morgan fingerprint density at radius 1 is 0.667 bits per heavy atom. The monoisotopic (exact) mass is 536 g/mol. The smallest absolute Gasteiger partial charge is 0.141 e. The molecule has 10 rings (SSSR count). The van der Waals surface area contributed by atoms with E-state index in [2.05, 4.69) is 120 Å². The second-order valence-electron chi connectivity index (χ2n) is 11.5. The maximum absolute atomic E-state index is 6.59. The quantitative estimate of drug-likeness (QED) is 0.206. The molecular formula is C39H24N2O. The van der Waals surface area contributed by atoms with Gasteiger partial charge in [-0.2, -0.15) is 0 Å². The van der Waals surface area contributed by atoms with Gasteiger partial charge in [-0.3, -0.25) is 0 Å². The van der Waals surface area contributed by atoms with Crippen LogP contribution in [-0.4, -0.2) is 11.0 Å². The van der Waals surface area contributed by atoms with Gasteiger partial charge in [0.05, 0.1) is 6.04 Å². The second-order valence-corrected chi connectivity index (χ2v) is 11.5. The molecule has 0 fully saturated rings. The molecule has 0 saturated heterocycles. The molecule has 8 aromatic rings. The first-order chi connectivity index (χ1) is 20.8. The van der Waals surface area contributed by atoms with Crippen molar-refractivity contribution in [3.63, 3.8) is 0 Å². The molecule has 1 aliphatic heterocycles. The summed E-state index contributed by atoms with van der Waals surface area (Å²) >= 11 is 0. The third-order valence-corrected chi connectivity index (χ3v) is 9.34. The van der Waals surface area contributed by atoms with E-state index in [0.29, 0.717) is 0 Å². The van der Waals surface area contributed by atoms with E-state index in [0.717, 1.165) is 39.9 Å². The van der Waals surface area contributed by atoms with Gasteiger partial charge < -0.3 is 9.32 Å². The molecule has 0 bridgehead atoms. The van der Waals surface area contributed by atoms with Crippen molar-refractivity contribution >= 4 is 71.3 Å². The van der Waals surface area contributed by atoms with Gasteiger partial charge in [0.2, 0.25) is 0 Å². The molecule has 1 atom stereocenters. The third kappa shape index (κ3) is 2.92. The van der Waals surface area contributed by atoms with Gasteiger partial charge in [0.1, 0.15) is 17.0 Å². The van der Waals surface area contributed by atoms with Crippen LogP contribution in [0.4, 0.5) is 11.5 Å². The first kappa shape index (κ1) is 22.3. The van der Waals surface area contributed by atoms with Gasteiger partial charge in [0.15, 0.2) is 0 Å². The molecule has 196 valence electrons. The van der Waals surface area contributed by atoms with E-state index in [1.54, 1.807) is 0 Å². The average molecular weight is 537 g/mol. The Bertz CT molecular complexity index is 2450. The molecule has 2 aromatic heterocycles. The van der Waals surface area contributed by atoms with Crippen LogP contribution in [0.5, 0.6) is 0 Å². The molecule has 3 nitrogen and oxygen atoms in total. The van der Waals surface area contributed by atoms with Crippen molar-refractivity contribution in [2.75, 3.05) is 4.90 Å². The SMILES string of the molecule is C1=CCC2C(=C1)c1cccnc1N2c1ccc2c(c1)oc1cc(-c3ccc4ccc5cccc6ccc3c4c56)ccc12. The number of allylic oxidation sites excluding steroid dienone is 2. The van der Waals surface area contributed by atoms with Crippen molar-refractivity contribution in [2.45, 2.75) is 12.5 Å². The fourth-order valence-corrected chi connectivity index (χ4v) is 7.47. The first-order valence-corrected chi connectivity index (χ1v) is 14.6. The number of anilines is 2. The Hall–Kier alpha value is -5.41. The van der Waals surface area contributed by atoms with Crippen LogP contribution in [0.1, 0.15) is 12.0 Å². The molecule has 0 amide bonds. The molecule has 42 heavy (non-hydrogen) atoms. The van der Waals surface area contributed by atoms with Crippen molar-refractivity contribution in [3.05, 3.63) is 133 Å². The molecule has 3 heteroatoms. The summed E-state index contributed by atoms with van der Waals surface area (Å²) in [5, 5.41) is 10.1. The number of aromatic nitrogens is 1. The lowest BCUT2D eigenvalue weighted by Gasteiger charge is -2.27. The number of hydrogen-bond acceptors (Lipinski definition) is 3. The summed E-state index contributed by atoms with van der Waals surface area (Å²) in [5.74, 6) is 1.02. The van der Waals surface area contributed by atoms with Crippen LogP contribution in [0.25, 0.3) is 71.0 Å². The third-order valence-electron chi connectivity index (χ3n) is 9.34. The molecule has 1 aliphatic carbocycles. The Kier molecular flexibility index (Phi) is 4.29. The predicted molar refractivity (Wildman–Crippen MR) is 175 cm³/mol. The van der Waals surface area contributed by atoms with Crippen molar-refractivity contribution in [3.8, 4) is 11.1 Å². The highest BCUT2D eigenvalue weighted by Gasteiger charge is 2.36. The number of pyridine rings is 1. The molecular weight excluding hydrogens is 512 g/mol. The van der Waals surface area contributed by atoms with E-state index < -0.39 is 0 Å². The summed E-state index contributed by atoms with van der Waals surface area (Å²) < 4.78 is 6.59. The minimum absolute atomic E-state index is 0.253. The fourth-order valence-electron chi connectivity index (χ4n) is 7.47. The molecule has 3 heterocycles. The Morgan fingerprint density at radius 2 is 1.43 bits per heavy atom. The summed E-state index contributed by atoms with van der Waals surface area (Å²) in [5.41, 5.74) is 7.87. The van der Waals surface area contributed by atoms with Gasteiger partial charge in [0, 0.05) is 34.3 Å². The Balaban J connectivity index is 1.13. The highest BCUT2D eigenvalue weighted by Crippen LogP contribution is 2.47. The van der Waals surface area contributed by atoms with Gasteiger partial charge >= 0.3 is 0 Å². The molecule has 0 spiro atoms. The lowest BCUT2D eigenvalue weighted by molar-refractivity contribution is 0.668. The van der Waals surface area contributed by atoms with Gasteiger partial charge in [-0.1, -0.05) is 78.9 Å². The van der Waals surface area contributed by atoms with Gasteiger partial charge in [-0.25, -0.2) is 4.98 Å². The van der Waals surface area contributed by atoms with Crippen molar-refractivity contribution in [1.29, 1.82) is 0 Å². The minimum Gasteiger partial charge on any atom is -0.456 e. The normalized spacial score (nSPS) is 16.2. The summed E-state index contributed by atoms with van der Waals surface area (Å²) in [6.07, 6.45) is 9.48. The van der Waals surface area contributed by atoms with Gasteiger partial charge in [0.25, 0.3) is 0 Å². The summed E-state index contributed by atoms with van der Waals surface area (Å²) in [6.45, 7) is 0. The maximum atomic E-state index is 6.59. The van der Waals surface area contributed by atoms with E-state index in [-0.39, 0.29) is 6.04 Å². The van der Waals surface area contributed by atoms with Gasteiger partial charge in [-0.05, 0) is 91.8 Å². The standard InChI is InChI=1S/C39H24N2O/c1-2-9-34-29(7-1)33-8-4-20-40-39(33)41(34)27-15-19-31-30-17-14-26(21-35(30)42-36(31)22-27)28-16-12-25-11-10-23-5-3-6-24-13-18-32(28)38(25)37(23)24/h1-8,10-22,34H,9H2. The van der Waals surface area contributed by atoms with Crippen LogP contribution < -0.4 is 4.90 Å². The number of furan rings is 1. The van der Waals surface area contributed by atoms with Crippen LogP contribution in [0, 0.1) is 0 Å². The van der Waals surface area contributed by atoms with E-state index >= 15 is 0 Å². The van der Waals surface area contributed by atoms with E-state index in [1.807, 2.05) is 12.3 Å². The Labute approximate surface area is 242 Å². The lowest BCUT2D eigenvalue weighted by atomic mass is 9.90. The fraction of sp³-hybridized carbons (Fsp3) is 0.0513. The number of hydrogen-bond donors (Lipinski definition) is 0. The molecule has 1 unspecified atom stereocenters. The second kappa shape index (κ2) is 8.08. The van der Waals surface area contributed by atoms with Gasteiger partial charge in [-0.15, -0.1) is 0 Å². The van der Waals surface area contributed by atoms with Crippen LogP contribution in [0.3, 0.4) is 0 Å². The molecule has 0 N–H and O–H groups in total. The zero-order chi connectivity index (χ0) is 27.4. The number of fused-ring (bicyclic) bond motifs is 6. The van der Waals surface area contributed by atoms with Crippen LogP contribution in [0.2, 0.25) is 0 Å². The molecule has 2 aliphatic rings. The van der Waals surface area contributed by atoms with Crippen LogP contribution in [0.15, 0.2) is 132 Å². The number of rotatable bonds is 2. The van der Waals surface area contributed by atoms with Crippen LogP contribution in [-0.2, 0) is 0 Å². The van der Waals surface area contributed by atoms with E-state index in [1.165, 1.54) is 54.6 Å². The summed E-state index contributed by atoms with van der Waals surface area (Å²) in [7, 11) is 0. The topological polar surface area (TPSA) is 29.3 Å². The zero-order valence-electron chi connectivity index (χ0n) is 22.7. The highest BCUT2D eigenvalue weighted by atomic mass is 16.3. The van der Waals surface area contributed by atoms with E-state index in [4.69, 9.17) is 9.40 Å². The first-order valence-electron chi connectivity index (χ1n) is 14.6. The zero-order valence-corrected chi connectivity index (χ0v) is 22.7. The lowest BCUT2D eigenvalue weighted by Crippen LogP contribution is -2.27. The molecule has 0 radical (unpaired) electrons. The minimum atomic E-state index is 0.253. The average Bonchev–Trinajstić information content (AvgIpc) is 3.58. The number of benzene rings is 6. The maximum Gasteiger partial charge on any atom is 0.141 e. The molecule has 0 saturated carbocycles. The number of nitrogens with zero attached hydrogens (tertiary/aromatic N) is 2. The van der Waals surface area contributed by atoms with E-state index in [9.17, 15) is 0 Å². The summed E-state index contributed by atoms with van der Waals surface area (Å²) in [6, 6.07) is 37.8. The van der Waals surface area contributed by atoms with Crippen molar-refractivity contribution in [2.24, 2.45) is 0 Å². The summed E-state index contributed by atoms with van der Waals surface area (Å²) in [4.78, 5) is 7.16. The predicted octanol–water partition coefficient (Wildman–Crippen LogP) is 10.4. The van der Waals surface area contributed by atoms with Crippen molar-refractivity contribution in [1.82, 2.24) is 4.98 Å².